The van der Waals surface area contributed by atoms with Gasteiger partial charge in [-0.2, -0.15) is 0 Å². The molecule has 1 fully saturated rings. The number of hydrogen-bond acceptors (Lipinski definition) is 5. The summed E-state index contributed by atoms with van der Waals surface area (Å²) in [6.07, 6.45) is 3.52. The van der Waals surface area contributed by atoms with Crippen molar-refractivity contribution in [3.8, 4) is 0 Å². The van der Waals surface area contributed by atoms with E-state index in [1.807, 2.05) is 6.07 Å². The molecule has 1 aromatic heterocycles. The lowest BCUT2D eigenvalue weighted by Gasteiger charge is -2.33. The summed E-state index contributed by atoms with van der Waals surface area (Å²) < 4.78 is 0. The Morgan fingerprint density at radius 3 is 2.78 bits per heavy atom. The second kappa shape index (κ2) is 7.19. The van der Waals surface area contributed by atoms with Gasteiger partial charge in [-0.15, -0.1) is 0 Å². The van der Waals surface area contributed by atoms with Gasteiger partial charge in [-0.25, -0.2) is 4.98 Å². The highest BCUT2D eigenvalue weighted by molar-refractivity contribution is 5.41. The average Bonchev–Trinajstić information content (AvgIpc) is 2.57. The highest BCUT2D eigenvalue weighted by Gasteiger charge is 2.20. The molecule has 0 radical (unpaired) electrons. The fourth-order valence-corrected chi connectivity index (χ4v) is 2.95. The van der Waals surface area contributed by atoms with Gasteiger partial charge in [0.2, 0.25) is 0 Å². The summed E-state index contributed by atoms with van der Waals surface area (Å²) in [5, 5.41) is 14.0. The number of hydrogen-bond donors (Lipinski definition) is 1. The molecule has 6 nitrogen and oxygen atoms in total. The van der Waals surface area contributed by atoms with Crippen molar-refractivity contribution in [1.82, 2.24) is 9.88 Å². The van der Waals surface area contributed by atoms with Crippen molar-refractivity contribution < 1.29 is 4.92 Å². The molecule has 0 saturated carbocycles. The van der Waals surface area contributed by atoms with Crippen molar-refractivity contribution >= 4 is 11.5 Å². The largest absolute Gasteiger partial charge is 0.366 e. The number of piperidine rings is 1. The van der Waals surface area contributed by atoms with E-state index in [1.54, 1.807) is 6.07 Å². The lowest BCUT2D eigenvalue weighted by atomic mass is 10.0. The number of anilines is 1. The number of nitrogens with zero attached hydrogens (tertiary/aromatic N) is 3. The van der Waals surface area contributed by atoms with Gasteiger partial charge < -0.3 is 5.32 Å². The lowest BCUT2D eigenvalue weighted by molar-refractivity contribution is -0.385. The second-order valence-electron chi connectivity index (χ2n) is 5.86. The molecule has 120 valence electrons. The first-order chi connectivity index (χ1) is 11.2. The van der Waals surface area contributed by atoms with E-state index in [1.165, 1.54) is 17.8 Å². The molecule has 0 aliphatic carbocycles. The second-order valence-corrected chi connectivity index (χ2v) is 5.86. The number of pyridine rings is 1. The van der Waals surface area contributed by atoms with E-state index in [2.05, 4.69) is 39.5 Å². The maximum atomic E-state index is 10.7. The Kier molecular flexibility index (Phi) is 4.83. The SMILES string of the molecule is O=[N+]([O-])c1ccc(NC2CCCN(Cc3ccccc3)C2)nc1. The molecule has 0 spiro atoms. The smallest absolute Gasteiger partial charge is 0.287 e. The zero-order chi connectivity index (χ0) is 16.1. The van der Waals surface area contributed by atoms with Gasteiger partial charge in [0, 0.05) is 25.2 Å². The van der Waals surface area contributed by atoms with E-state index in [0.29, 0.717) is 11.9 Å². The molecule has 6 heteroatoms. The summed E-state index contributed by atoms with van der Waals surface area (Å²) >= 11 is 0. The molecule has 1 atom stereocenters. The van der Waals surface area contributed by atoms with Crippen molar-refractivity contribution in [2.24, 2.45) is 0 Å². The third-order valence-electron chi connectivity index (χ3n) is 4.07. The third-order valence-corrected chi connectivity index (χ3v) is 4.07. The maximum Gasteiger partial charge on any atom is 0.287 e. The van der Waals surface area contributed by atoms with E-state index >= 15 is 0 Å². The van der Waals surface area contributed by atoms with E-state index < -0.39 is 4.92 Å². The topological polar surface area (TPSA) is 71.3 Å². The zero-order valence-electron chi connectivity index (χ0n) is 12.9. The third kappa shape index (κ3) is 4.26. The average molecular weight is 312 g/mol. The Labute approximate surface area is 135 Å². The molecule has 1 saturated heterocycles. The molecule has 0 bridgehead atoms. The van der Waals surface area contributed by atoms with Crippen molar-refractivity contribution in [1.29, 1.82) is 0 Å². The summed E-state index contributed by atoms with van der Waals surface area (Å²) in [5.74, 6) is 0.696. The molecular weight excluding hydrogens is 292 g/mol. The summed E-state index contributed by atoms with van der Waals surface area (Å²) in [5.41, 5.74) is 1.34. The maximum absolute atomic E-state index is 10.7. The van der Waals surface area contributed by atoms with Crippen molar-refractivity contribution in [3.63, 3.8) is 0 Å². The molecule has 1 N–H and O–H groups in total. The van der Waals surface area contributed by atoms with Crippen LogP contribution in [0.25, 0.3) is 0 Å². The van der Waals surface area contributed by atoms with Gasteiger partial charge >= 0.3 is 0 Å². The fraction of sp³-hybridized carbons (Fsp3) is 0.353. The number of benzene rings is 1. The quantitative estimate of drug-likeness (QED) is 0.678. The van der Waals surface area contributed by atoms with Gasteiger partial charge in [0.1, 0.15) is 12.0 Å². The molecule has 2 aromatic rings. The lowest BCUT2D eigenvalue weighted by Crippen LogP contribution is -2.41. The number of likely N-dealkylation sites (tertiary alicyclic amines) is 1. The van der Waals surface area contributed by atoms with Crippen LogP contribution in [0, 0.1) is 10.1 Å². The standard InChI is InChI=1S/C17H20N4O2/c22-21(23)16-8-9-17(18-11-16)19-15-7-4-10-20(13-15)12-14-5-2-1-3-6-14/h1-3,5-6,8-9,11,15H,4,7,10,12-13H2,(H,18,19). The Balaban J connectivity index is 1.57. The Morgan fingerprint density at radius 2 is 2.09 bits per heavy atom. The molecule has 2 heterocycles. The number of aromatic nitrogens is 1. The predicted octanol–water partition coefficient (Wildman–Crippen LogP) is 3.07. The summed E-state index contributed by atoms with van der Waals surface area (Å²) in [6, 6.07) is 13.9. The molecule has 0 amide bonds. The number of rotatable bonds is 5. The molecule has 1 unspecified atom stereocenters. The van der Waals surface area contributed by atoms with Gasteiger partial charge in [0.05, 0.1) is 4.92 Å². The Bertz CT molecular complexity index is 645. The van der Waals surface area contributed by atoms with Gasteiger partial charge in [-0.1, -0.05) is 30.3 Å². The van der Waals surface area contributed by atoms with Crippen LogP contribution in [0.4, 0.5) is 11.5 Å². The van der Waals surface area contributed by atoms with Crippen molar-refractivity contribution in [2.75, 3.05) is 18.4 Å². The van der Waals surface area contributed by atoms with Crippen LogP contribution in [0.2, 0.25) is 0 Å². The van der Waals surface area contributed by atoms with Crippen LogP contribution < -0.4 is 5.32 Å². The predicted molar refractivity (Wildman–Crippen MR) is 89.3 cm³/mol. The van der Waals surface area contributed by atoms with E-state index in [-0.39, 0.29) is 5.69 Å². The molecule has 23 heavy (non-hydrogen) atoms. The normalized spacial score (nSPS) is 18.5. The first kappa shape index (κ1) is 15.4. The minimum atomic E-state index is -0.432. The monoisotopic (exact) mass is 312 g/mol. The van der Waals surface area contributed by atoms with Crippen LogP contribution in [0.5, 0.6) is 0 Å². The Morgan fingerprint density at radius 1 is 1.26 bits per heavy atom. The minimum absolute atomic E-state index is 0.0184. The highest BCUT2D eigenvalue weighted by atomic mass is 16.6. The van der Waals surface area contributed by atoms with E-state index in [9.17, 15) is 10.1 Å². The molecule has 1 aliphatic rings. The fourth-order valence-electron chi connectivity index (χ4n) is 2.95. The first-order valence-electron chi connectivity index (χ1n) is 7.84. The zero-order valence-corrected chi connectivity index (χ0v) is 12.9. The van der Waals surface area contributed by atoms with Crippen LogP contribution >= 0.6 is 0 Å². The van der Waals surface area contributed by atoms with Gasteiger partial charge in [0.25, 0.3) is 5.69 Å². The van der Waals surface area contributed by atoms with E-state index in [0.717, 1.165) is 32.5 Å². The summed E-state index contributed by atoms with van der Waals surface area (Å²) in [6.45, 7) is 3.00. The van der Waals surface area contributed by atoms with Crippen LogP contribution in [0.15, 0.2) is 48.7 Å². The van der Waals surface area contributed by atoms with Crippen LogP contribution in [0.1, 0.15) is 18.4 Å². The van der Waals surface area contributed by atoms with Crippen molar-refractivity contribution in [2.45, 2.75) is 25.4 Å². The van der Waals surface area contributed by atoms with Gasteiger partial charge in [0.15, 0.2) is 0 Å². The summed E-state index contributed by atoms with van der Waals surface area (Å²) in [4.78, 5) is 16.8. The van der Waals surface area contributed by atoms with Gasteiger partial charge in [-0.05, 0) is 31.0 Å². The van der Waals surface area contributed by atoms with Crippen LogP contribution in [-0.4, -0.2) is 33.9 Å². The van der Waals surface area contributed by atoms with Crippen molar-refractivity contribution in [3.05, 3.63) is 64.3 Å². The molecule has 1 aliphatic heterocycles. The number of nitrogens with one attached hydrogen (secondary N) is 1. The molecular formula is C17H20N4O2. The first-order valence-corrected chi connectivity index (χ1v) is 7.84. The molecule has 1 aromatic carbocycles. The minimum Gasteiger partial charge on any atom is -0.366 e. The Hall–Kier alpha value is -2.47. The van der Waals surface area contributed by atoms with E-state index in [4.69, 9.17) is 0 Å². The van der Waals surface area contributed by atoms with Crippen LogP contribution in [-0.2, 0) is 6.54 Å². The number of nitro groups is 1. The summed E-state index contributed by atoms with van der Waals surface area (Å²) in [7, 11) is 0. The van der Waals surface area contributed by atoms with Crippen LogP contribution in [0.3, 0.4) is 0 Å². The van der Waals surface area contributed by atoms with Gasteiger partial charge in [-0.3, -0.25) is 15.0 Å². The molecule has 3 rings (SSSR count). The highest BCUT2D eigenvalue weighted by Crippen LogP contribution is 2.18.